The maximum absolute atomic E-state index is 11.8. The van der Waals surface area contributed by atoms with Crippen molar-refractivity contribution in [2.45, 2.75) is 19.4 Å². The minimum atomic E-state index is -0.429. The van der Waals surface area contributed by atoms with E-state index in [1.807, 2.05) is 6.07 Å². The Morgan fingerprint density at radius 3 is 2.93 bits per heavy atom. The Morgan fingerprint density at radius 2 is 2.36 bits per heavy atom. The van der Waals surface area contributed by atoms with E-state index < -0.39 is 6.10 Å². The molecular weight excluding hydrogens is 180 g/mol. The van der Waals surface area contributed by atoms with Crippen molar-refractivity contribution in [1.82, 2.24) is 4.90 Å². The number of carbonyl (C=O) groups excluding carboxylic acids is 1. The number of hydrogen-bond acceptors (Lipinski definition) is 3. The standard InChI is InChI=1S/C10H14N2O2/c1-7-4-9(7)10(13)12-2-3-14-8(5-11)6-12/h7-9H,2-4,6H2,1H3. The van der Waals surface area contributed by atoms with Crippen LogP contribution in [0.4, 0.5) is 0 Å². The fourth-order valence-electron chi connectivity index (χ4n) is 1.83. The Bertz CT molecular complexity index is 284. The molecule has 1 aliphatic heterocycles. The fraction of sp³-hybridized carbons (Fsp3) is 0.800. The summed E-state index contributed by atoms with van der Waals surface area (Å²) in [5.41, 5.74) is 0. The largest absolute Gasteiger partial charge is 0.360 e. The predicted molar refractivity (Wildman–Crippen MR) is 49.2 cm³/mol. The van der Waals surface area contributed by atoms with Crippen molar-refractivity contribution >= 4 is 5.91 Å². The van der Waals surface area contributed by atoms with Crippen LogP contribution in [-0.2, 0) is 9.53 Å². The van der Waals surface area contributed by atoms with Gasteiger partial charge in [-0.25, -0.2) is 0 Å². The summed E-state index contributed by atoms with van der Waals surface area (Å²) in [6.07, 6.45) is 0.578. The lowest BCUT2D eigenvalue weighted by atomic mass is 10.2. The van der Waals surface area contributed by atoms with Crippen molar-refractivity contribution in [3.8, 4) is 6.07 Å². The molecule has 2 rings (SSSR count). The molecule has 0 aromatic heterocycles. The van der Waals surface area contributed by atoms with E-state index in [2.05, 4.69) is 6.92 Å². The Morgan fingerprint density at radius 1 is 1.64 bits per heavy atom. The molecule has 0 spiro atoms. The van der Waals surface area contributed by atoms with Gasteiger partial charge in [-0.2, -0.15) is 5.26 Å². The average molecular weight is 194 g/mol. The maximum atomic E-state index is 11.8. The molecule has 0 N–H and O–H groups in total. The van der Waals surface area contributed by atoms with Crippen molar-refractivity contribution in [2.75, 3.05) is 19.7 Å². The normalized spacial score (nSPS) is 36.3. The van der Waals surface area contributed by atoms with Crippen LogP contribution in [0.1, 0.15) is 13.3 Å². The molecule has 76 valence electrons. The van der Waals surface area contributed by atoms with E-state index in [4.69, 9.17) is 10.00 Å². The number of ether oxygens (including phenoxy) is 1. The summed E-state index contributed by atoms with van der Waals surface area (Å²) in [5.74, 6) is 0.958. The highest BCUT2D eigenvalue weighted by molar-refractivity contribution is 5.81. The molecule has 14 heavy (non-hydrogen) atoms. The first-order valence-electron chi connectivity index (χ1n) is 5.02. The van der Waals surface area contributed by atoms with Gasteiger partial charge in [0.25, 0.3) is 0 Å². The van der Waals surface area contributed by atoms with Gasteiger partial charge >= 0.3 is 0 Å². The first-order chi connectivity index (χ1) is 6.72. The minimum Gasteiger partial charge on any atom is -0.360 e. The van der Waals surface area contributed by atoms with Crippen molar-refractivity contribution in [3.05, 3.63) is 0 Å². The Labute approximate surface area is 83.4 Å². The number of amides is 1. The van der Waals surface area contributed by atoms with Gasteiger partial charge in [-0.1, -0.05) is 6.92 Å². The van der Waals surface area contributed by atoms with Crippen molar-refractivity contribution < 1.29 is 9.53 Å². The van der Waals surface area contributed by atoms with Gasteiger partial charge in [-0.3, -0.25) is 4.79 Å². The van der Waals surface area contributed by atoms with Crippen molar-refractivity contribution in [3.63, 3.8) is 0 Å². The molecule has 4 heteroatoms. The fourth-order valence-corrected chi connectivity index (χ4v) is 1.83. The number of hydrogen-bond donors (Lipinski definition) is 0. The molecule has 1 saturated heterocycles. The van der Waals surface area contributed by atoms with Gasteiger partial charge < -0.3 is 9.64 Å². The zero-order valence-corrected chi connectivity index (χ0v) is 8.27. The van der Waals surface area contributed by atoms with Gasteiger partial charge in [0.2, 0.25) is 5.91 Å². The minimum absolute atomic E-state index is 0.209. The van der Waals surface area contributed by atoms with E-state index >= 15 is 0 Å². The van der Waals surface area contributed by atoms with Gasteiger partial charge in [0.05, 0.1) is 19.2 Å². The second-order valence-corrected chi connectivity index (χ2v) is 4.09. The van der Waals surface area contributed by atoms with E-state index in [1.165, 1.54) is 0 Å². The first kappa shape index (κ1) is 9.47. The van der Waals surface area contributed by atoms with Crippen LogP contribution in [0.25, 0.3) is 0 Å². The Hall–Kier alpha value is -1.08. The molecule has 1 heterocycles. The first-order valence-corrected chi connectivity index (χ1v) is 5.02. The molecule has 1 amide bonds. The highest BCUT2D eigenvalue weighted by Crippen LogP contribution is 2.39. The molecule has 4 nitrogen and oxygen atoms in total. The lowest BCUT2D eigenvalue weighted by Gasteiger charge is -2.29. The van der Waals surface area contributed by atoms with E-state index in [0.29, 0.717) is 25.6 Å². The van der Waals surface area contributed by atoms with Crippen LogP contribution in [0.2, 0.25) is 0 Å². The molecule has 2 fully saturated rings. The van der Waals surface area contributed by atoms with E-state index in [1.54, 1.807) is 4.90 Å². The number of nitrogens with zero attached hydrogens (tertiary/aromatic N) is 2. The summed E-state index contributed by atoms with van der Waals surface area (Å²) in [4.78, 5) is 13.6. The molecule has 3 atom stereocenters. The molecule has 2 aliphatic rings. The smallest absolute Gasteiger partial charge is 0.226 e. The van der Waals surface area contributed by atoms with Crippen LogP contribution in [0.3, 0.4) is 0 Å². The van der Waals surface area contributed by atoms with Gasteiger partial charge in [0.1, 0.15) is 0 Å². The highest BCUT2D eigenvalue weighted by Gasteiger charge is 2.42. The zero-order valence-electron chi connectivity index (χ0n) is 8.27. The second-order valence-electron chi connectivity index (χ2n) is 4.09. The number of morpholine rings is 1. The number of carbonyl (C=O) groups is 1. The summed E-state index contributed by atoms with van der Waals surface area (Å²) in [6, 6.07) is 2.04. The zero-order chi connectivity index (χ0) is 10.1. The molecule has 1 saturated carbocycles. The maximum Gasteiger partial charge on any atom is 0.226 e. The lowest BCUT2D eigenvalue weighted by molar-refractivity contribution is -0.138. The van der Waals surface area contributed by atoms with Crippen molar-refractivity contribution in [1.29, 1.82) is 5.26 Å². The number of nitriles is 1. The van der Waals surface area contributed by atoms with Gasteiger partial charge in [0.15, 0.2) is 6.10 Å². The monoisotopic (exact) mass is 194 g/mol. The Kier molecular flexibility index (Phi) is 2.42. The van der Waals surface area contributed by atoms with Crippen LogP contribution >= 0.6 is 0 Å². The SMILES string of the molecule is CC1CC1C(=O)N1CCOC(C#N)C1. The molecular formula is C10H14N2O2. The predicted octanol–water partition coefficient (Wildman–Crippen LogP) is 0.393. The van der Waals surface area contributed by atoms with Gasteiger partial charge in [0, 0.05) is 12.5 Å². The quantitative estimate of drug-likeness (QED) is 0.607. The third-order valence-electron chi connectivity index (χ3n) is 2.95. The van der Waals surface area contributed by atoms with Crippen LogP contribution in [0.5, 0.6) is 0 Å². The van der Waals surface area contributed by atoms with Crippen molar-refractivity contribution in [2.24, 2.45) is 11.8 Å². The van der Waals surface area contributed by atoms with Gasteiger partial charge in [-0.15, -0.1) is 0 Å². The van der Waals surface area contributed by atoms with Crippen LogP contribution in [-0.4, -0.2) is 36.6 Å². The van der Waals surface area contributed by atoms with E-state index in [-0.39, 0.29) is 11.8 Å². The Balaban J connectivity index is 1.91. The molecule has 0 bridgehead atoms. The van der Waals surface area contributed by atoms with E-state index in [9.17, 15) is 4.79 Å². The second kappa shape index (κ2) is 3.58. The number of rotatable bonds is 1. The molecule has 3 unspecified atom stereocenters. The van der Waals surface area contributed by atoms with E-state index in [0.717, 1.165) is 6.42 Å². The topological polar surface area (TPSA) is 53.3 Å². The summed E-state index contributed by atoms with van der Waals surface area (Å²) in [7, 11) is 0. The average Bonchev–Trinajstić information content (AvgIpc) is 2.94. The van der Waals surface area contributed by atoms with Crippen LogP contribution in [0, 0.1) is 23.2 Å². The van der Waals surface area contributed by atoms with Gasteiger partial charge in [-0.05, 0) is 12.3 Å². The molecule has 0 radical (unpaired) electrons. The van der Waals surface area contributed by atoms with Crippen LogP contribution in [0.15, 0.2) is 0 Å². The lowest BCUT2D eigenvalue weighted by Crippen LogP contribution is -2.45. The summed E-state index contributed by atoms with van der Waals surface area (Å²) in [5, 5.41) is 8.68. The molecule has 0 aromatic rings. The summed E-state index contributed by atoms with van der Waals surface area (Å²) in [6.45, 7) is 3.66. The summed E-state index contributed by atoms with van der Waals surface area (Å²) >= 11 is 0. The highest BCUT2D eigenvalue weighted by atomic mass is 16.5. The molecule has 1 aliphatic carbocycles. The summed E-state index contributed by atoms with van der Waals surface area (Å²) < 4.78 is 5.18. The third-order valence-corrected chi connectivity index (χ3v) is 2.95. The van der Waals surface area contributed by atoms with Crippen LogP contribution < -0.4 is 0 Å². The molecule has 0 aromatic carbocycles. The third kappa shape index (κ3) is 1.73.